The van der Waals surface area contributed by atoms with Crippen molar-refractivity contribution in [2.45, 2.75) is 12.5 Å². The molecular weight excluding hydrogens is 671 g/mol. The van der Waals surface area contributed by atoms with Crippen LogP contribution in [0.2, 0.25) is 5.02 Å². The quantitative estimate of drug-likeness (QED) is 0.191. The van der Waals surface area contributed by atoms with Gasteiger partial charge >= 0.3 is 0 Å². The lowest BCUT2D eigenvalue weighted by Gasteiger charge is -2.34. The number of piperazine rings is 1. The van der Waals surface area contributed by atoms with E-state index in [-0.39, 0.29) is 55.0 Å². The van der Waals surface area contributed by atoms with Crippen LogP contribution in [0.1, 0.15) is 17.0 Å². The van der Waals surface area contributed by atoms with E-state index in [0.29, 0.717) is 29.4 Å². The Bertz CT molecular complexity index is 1700. The normalized spacial score (nSPS) is 15.9. The first kappa shape index (κ1) is 37.1. The number of nitrogens with zero attached hydrogens (tertiary/aromatic N) is 2. The van der Waals surface area contributed by atoms with Gasteiger partial charge in [-0.05, 0) is 65.7 Å². The molecule has 0 N–H and O–H groups in total. The van der Waals surface area contributed by atoms with Crippen LogP contribution in [0.15, 0.2) is 103 Å². The molecule has 12 heteroatoms. The van der Waals surface area contributed by atoms with E-state index in [1.54, 1.807) is 49.6 Å². The zero-order chi connectivity index (χ0) is 34.0. The van der Waals surface area contributed by atoms with E-state index in [4.69, 9.17) is 35.3 Å². The topological polar surface area (TPSA) is 104 Å². The molecule has 3 aliphatic rings. The number of carbonyl (C=O) groups is 3. The van der Waals surface area contributed by atoms with E-state index in [1.165, 1.54) is 24.8 Å². The van der Waals surface area contributed by atoms with Gasteiger partial charge in [-0.1, -0.05) is 35.9 Å². The van der Waals surface area contributed by atoms with E-state index in [9.17, 15) is 14.4 Å². The summed E-state index contributed by atoms with van der Waals surface area (Å²) in [6.45, 7) is 8.01. The molecule has 258 valence electrons. The van der Waals surface area contributed by atoms with Crippen molar-refractivity contribution in [1.29, 1.82) is 0 Å². The number of rotatable bonds is 10. The number of hydrogen-bond donors (Lipinski definition) is 0. The lowest BCUT2D eigenvalue weighted by molar-refractivity contribution is -0.135. The molecule has 0 radical (unpaired) electrons. The van der Waals surface area contributed by atoms with E-state index < -0.39 is 0 Å². The molecule has 2 aliphatic heterocycles. The molecule has 1 fully saturated rings. The van der Waals surface area contributed by atoms with Crippen molar-refractivity contribution in [3.8, 4) is 23.0 Å². The molecule has 0 saturated carbocycles. The van der Waals surface area contributed by atoms with E-state index >= 15 is 0 Å². The Kier molecular flexibility index (Phi) is 13.3. The van der Waals surface area contributed by atoms with Crippen molar-refractivity contribution < 1.29 is 38.1 Å². The summed E-state index contributed by atoms with van der Waals surface area (Å²) in [6.07, 6.45) is 4.18. The van der Waals surface area contributed by atoms with Crippen molar-refractivity contribution in [2.75, 3.05) is 53.8 Å². The number of amides is 1. The number of benzene rings is 3. The summed E-state index contributed by atoms with van der Waals surface area (Å²) >= 11 is 5.85. The second-order valence-electron chi connectivity index (χ2n) is 11.1. The standard InChI is InChI=1S/C20H21ClN2O4.C17H16O4.ClH/c21-16-2-4-17(5-3-16)25-13-20(24)23-9-7-22(8-10-23)12-15-1-6-18-19(11-15)27-14-26-18;1-4-13(11-5-7-12(20-2)8-6-11)14-9-16(19)17(21-3)10-15(14)18;/h1-6,11H,7-10,12-14H2;4-10,13H,1H2,2-3H3;1H. The minimum atomic E-state index is -0.345. The van der Waals surface area contributed by atoms with E-state index in [0.717, 1.165) is 42.4 Å². The molecule has 0 spiro atoms. The summed E-state index contributed by atoms with van der Waals surface area (Å²) in [7, 11) is 2.95. The highest BCUT2D eigenvalue weighted by molar-refractivity contribution is 6.30. The predicted octanol–water partition coefficient (Wildman–Crippen LogP) is 5.79. The Hall–Kier alpha value is -4.77. The molecule has 0 bridgehead atoms. The van der Waals surface area contributed by atoms with Gasteiger partial charge in [0.25, 0.3) is 5.91 Å². The van der Waals surface area contributed by atoms with Crippen molar-refractivity contribution >= 4 is 41.5 Å². The van der Waals surface area contributed by atoms with Crippen molar-refractivity contribution in [2.24, 2.45) is 0 Å². The van der Waals surface area contributed by atoms with Crippen molar-refractivity contribution in [3.05, 3.63) is 119 Å². The fourth-order valence-electron chi connectivity index (χ4n) is 5.43. The maximum absolute atomic E-state index is 12.4. The van der Waals surface area contributed by atoms with Gasteiger partial charge in [0.1, 0.15) is 11.5 Å². The summed E-state index contributed by atoms with van der Waals surface area (Å²) in [5.41, 5.74) is 2.44. The molecule has 3 aromatic carbocycles. The summed E-state index contributed by atoms with van der Waals surface area (Å²) in [6, 6.07) is 20.4. The average Bonchev–Trinajstić information content (AvgIpc) is 3.58. The molecular formula is C37H38Cl2N2O8. The lowest BCUT2D eigenvalue weighted by atomic mass is 9.85. The van der Waals surface area contributed by atoms with Gasteiger partial charge in [0.05, 0.1) is 14.2 Å². The van der Waals surface area contributed by atoms with Crippen LogP contribution < -0.4 is 18.9 Å². The SMILES string of the molecule is C=CC(C1=CC(=O)C(OC)=CC1=O)c1ccc(OC)cc1.Cl.O=C(COc1ccc(Cl)cc1)N1CCN(Cc2ccc3c(c2)OCO3)CC1. The van der Waals surface area contributed by atoms with Crippen LogP contribution in [0.25, 0.3) is 0 Å². The second kappa shape index (κ2) is 17.6. The highest BCUT2D eigenvalue weighted by atomic mass is 35.5. The van der Waals surface area contributed by atoms with Crippen LogP contribution in [0.5, 0.6) is 23.0 Å². The zero-order valence-corrected chi connectivity index (χ0v) is 28.8. The summed E-state index contributed by atoms with van der Waals surface area (Å²) in [4.78, 5) is 40.6. The molecule has 1 unspecified atom stereocenters. The molecule has 6 rings (SSSR count). The molecule has 1 saturated heterocycles. The van der Waals surface area contributed by atoms with Gasteiger partial charge in [0, 0.05) is 55.3 Å². The number of allylic oxidation sites excluding steroid dienone is 4. The van der Waals surface area contributed by atoms with E-state index in [2.05, 4.69) is 17.5 Å². The Morgan fingerprint density at radius 3 is 2.20 bits per heavy atom. The van der Waals surface area contributed by atoms with E-state index in [1.807, 2.05) is 29.2 Å². The molecule has 10 nitrogen and oxygen atoms in total. The highest BCUT2D eigenvalue weighted by Crippen LogP contribution is 2.33. The molecule has 49 heavy (non-hydrogen) atoms. The largest absolute Gasteiger partial charge is 0.497 e. The van der Waals surface area contributed by atoms with Crippen LogP contribution in [-0.4, -0.2) is 81.1 Å². The van der Waals surface area contributed by atoms with Crippen LogP contribution in [0.3, 0.4) is 0 Å². The fourth-order valence-corrected chi connectivity index (χ4v) is 5.56. The van der Waals surface area contributed by atoms with Crippen molar-refractivity contribution in [3.63, 3.8) is 0 Å². The van der Waals surface area contributed by atoms with Gasteiger partial charge in [0.2, 0.25) is 12.6 Å². The van der Waals surface area contributed by atoms with Gasteiger partial charge in [-0.25, -0.2) is 0 Å². The maximum Gasteiger partial charge on any atom is 0.260 e. The number of ketones is 2. The minimum Gasteiger partial charge on any atom is -0.497 e. The summed E-state index contributed by atoms with van der Waals surface area (Å²) in [5.74, 6) is 2.14. The molecule has 1 amide bonds. The lowest BCUT2D eigenvalue weighted by Crippen LogP contribution is -2.49. The fraction of sp³-hybridized carbons (Fsp3) is 0.270. The van der Waals surface area contributed by atoms with Gasteiger partial charge in [-0.2, -0.15) is 0 Å². The number of ether oxygens (including phenoxy) is 5. The smallest absolute Gasteiger partial charge is 0.260 e. The van der Waals surface area contributed by atoms with Gasteiger partial charge in [-0.15, -0.1) is 19.0 Å². The molecule has 2 heterocycles. The molecule has 3 aromatic rings. The van der Waals surface area contributed by atoms with Gasteiger partial charge in [-0.3, -0.25) is 19.3 Å². The third kappa shape index (κ3) is 9.66. The maximum atomic E-state index is 12.4. The van der Waals surface area contributed by atoms with Crippen LogP contribution in [0.4, 0.5) is 0 Å². The Morgan fingerprint density at radius 2 is 1.55 bits per heavy atom. The Balaban J connectivity index is 0.000000224. The molecule has 0 aromatic heterocycles. The number of methoxy groups -OCH3 is 2. The van der Waals surface area contributed by atoms with Crippen LogP contribution >= 0.6 is 24.0 Å². The minimum absolute atomic E-state index is 0. The first-order valence-electron chi connectivity index (χ1n) is 15.4. The van der Waals surface area contributed by atoms with Crippen LogP contribution in [-0.2, 0) is 25.7 Å². The Morgan fingerprint density at radius 1 is 0.878 bits per heavy atom. The van der Waals surface area contributed by atoms with Gasteiger partial charge in [0.15, 0.2) is 29.6 Å². The number of hydrogen-bond acceptors (Lipinski definition) is 9. The average molecular weight is 710 g/mol. The summed E-state index contributed by atoms with van der Waals surface area (Å²) in [5, 5.41) is 0.646. The number of carbonyl (C=O) groups excluding carboxylic acids is 3. The number of fused-ring (bicyclic) bond motifs is 1. The van der Waals surface area contributed by atoms with Crippen molar-refractivity contribution in [1.82, 2.24) is 9.80 Å². The number of halogens is 2. The molecule has 1 atom stereocenters. The molecule has 1 aliphatic carbocycles. The first-order valence-corrected chi connectivity index (χ1v) is 15.7. The van der Waals surface area contributed by atoms with Gasteiger partial charge < -0.3 is 28.6 Å². The summed E-state index contributed by atoms with van der Waals surface area (Å²) < 4.78 is 26.3. The van der Waals surface area contributed by atoms with Crippen LogP contribution in [0, 0.1) is 0 Å². The Labute approximate surface area is 296 Å². The third-order valence-electron chi connectivity index (χ3n) is 8.09. The highest BCUT2D eigenvalue weighted by Gasteiger charge is 2.26. The predicted molar refractivity (Wildman–Crippen MR) is 188 cm³/mol. The third-order valence-corrected chi connectivity index (χ3v) is 8.34. The second-order valence-corrected chi connectivity index (χ2v) is 11.6. The monoisotopic (exact) mass is 708 g/mol. The zero-order valence-electron chi connectivity index (χ0n) is 27.3. The first-order chi connectivity index (χ1) is 23.3.